The molecule has 6 rings (SSSR count). The Morgan fingerprint density at radius 1 is 0.897 bits per heavy atom. The Hall–Kier alpha value is -4.36. The molecule has 3 aromatic carbocycles. The van der Waals surface area contributed by atoms with Crippen LogP contribution in [0.25, 0.3) is 27.8 Å². The minimum absolute atomic E-state index is 0.00304. The monoisotopic (exact) mass is 537 g/mol. The quantitative estimate of drug-likeness (QED) is 0.275. The number of anilines is 1. The molecule has 0 atom stereocenters. The van der Waals surface area contributed by atoms with Crippen LogP contribution in [-0.4, -0.2) is 58.1 Å². The number of nitrogens with zero attached hydrogens (tertiary/aromatic N) is 5. The van der Waals surface area contributed by atoms with Crippen LogP contribution >= 0.6 is 11.6 Å². The molecule has 0 saturated carbocycles. The van der Waals surface area contributed by atoms with Crippen molar-refractivity contribution in [2.75, 3.05) is 37.7 Å². The molecule has 1 saturated heterocycles. The van der Waals surface area contributed by atoms with Crippen LogP contribution in [0.2, 0.25) is 5.02 Å². The molecule has 5 aromatic rings. The van der Waals surface area contributed by atoms with Crippen molar-refractivity contribution in [3.8, 4) is 22.6 Å². The number of fused-ring (bicyclic) bond motifs is 1. The number of hydrogen-bond acceptors (Lipinski definition) is 5. The second-order valence-electron chi connectivity index (χ2n) is 9.62. The molecule has 0 unspecified atom stereocenters. The van der Waals surface area contributed by atoms with Crippen molar-refractivity contribution in [3.05, 3.63) is 102 Å². The van der Waals surface area contributed by atoms with Gasteiger partial charge in [-0.1, -0.05) is 59.6 Å². The van der Waals surface area contributed by atoms with Gasteiger partial charge in [-0.3, -0.25) is 4.79 Å². The van der Waals surface area contributed by atoms with Crippen LogP contribution in [0.4, 0.5) is 5.82 Å². The second kappa shape index (κ2) is 10.8. The summed E-state index contributed by atoms with van der Waals surface area (Å²) in [5.74, 6) is 1.48. The molecule has 1 aliphatic heterocycles. The van der Waals surface area contributed by atoms with Gasteiger partial charge in [-0.2, -0.15) is 0 Å². The first kappa shape index (κ1) is 24.9. The van der Waals surface area contributed by atoms with Gasteiger partial charge in [0.1, 0.15) is 17.9 Å². The molecular formula is C31H28ClN5O2. The summed E-state index contributed by atoms with van der Waals surface area (Å²) in [5.41, 5.74) is 5.31. The standard InChI is InChI=1S/C31H28ClN5O2/c1-22-7-11-25(12-8-22)37-19-27(23-5-3-2-4-6-23)29-30(33-21-34-31(29)37)36-17-15-35(16-18-36)28(38)20-39-26-13-9-24(32)10-14-26/h2-14,19,21H,15-18,20H2,1H3. The lowest BCUT2D eigenvalue weighted by molar-refractivity contribution is -0.133. The van der Waals surface area contributed by atoms with E-state index in [0.29, 0.717) is 37.0 Å². The van der Waals surface area contributed by atoms with Gasteiger partial charge in [0.05, 0.1) is 5.39 Å². The van der Waals surface area contributed by atoms with E-state index in [1.54, 1.807) is 30.6 Å². The predicted molar refractivity (Wildman–Crippen MR) is 155 cm³/mol. The SMILES string of the molecule is Cc1ccc(-n2cc(-c3ccccc3)c3c(N4CCN(C(=O)COc5ccc(Cl)cc5)CC4)ncnc32)cc1. The third-order valence-electron chi connectivity index (χ3n) is 7.07. The number of amides is 1. The molecule has 39 heavy (non-hydrogen) atoms. The first-order valence-electron chi connectivity index (χ1n) is 13.0. The highest BCUT2D eigenvalue weighted by molar-refractivity contribution is 6.30. The van der Waals surface area contributed by atoms with Crippen molar-refractivity contribution in [2.45, 2.75) is 6.92 Å². The van der Waals surface area contributed by atoms with Gasteiger partial charge < -0.3 is 19.1 Å². The zero-order valence-corrected chi connectivity index (χ0v) is 22.4. The number of carbonyl (C=O) groups is 1. The topological polar surface area (TPSA) is 63.5 Å². The smallest absolute Gasteiger partial charge is 0.260 e. The number of piperazine rings is 1. The van der Waals surface area contributed by atoms with E-state index in [0.717, 1.165) is 33.7 Å². The summed E-state index contributed by atoms with van der Waals surface area (Å²) in [6, 6.07) is 25.8. The average molecular weight is 538 g/mol. The summed E-state index contributed by atoms with van der Waals surface area (Å²) in [4.78, 5) is 26.4. The van der Waals surface area contributed by atoms with E-state index in [-0.39, 0.29) is 12.5 Å². The highest BCUT2D eigenvalue weighted by Gasteiger charge is 2.26. The number of aromatic nitrogens is 3. The van der Waals surface area contributed by atoms with E-state index in [9.17, 15) is 4.79 Å². The number of halogens is 1. The van der Waals surface area contributed by atoms with Gasteiger partial charge in [0.2, 0.25) is 0 Å². The average Bonchev–Trinajstić information content (AvgIpc) is 3.38. The Balaban J connectivity index is 1.26. The van der Waals surface area contributed by atoms with Crippen molar-refractivity contribution in [1.82, 2.24) is 19.4 Å². The van der Waals surface area contributed by atoms with Gasteiger partial charge in [-0.05, 0) is 48.9 Å². The lowest BCUT2D eigenvalue weighted by Crippen LogP contribution is -2.50. The number of hydrogen-bond donors (Lipinski definition) is 0. The summed E-state index contributed by atoms with van der Waals surface area (Å²) in [6.45, 7) is 4.60. The molecule has 0 radical (unpaired) electrons. The number of benzene rings is 3. The molecule has 3 heterocycles. The Kier molecular flexibility index (Phi) is 6.90. The van der Waals surface area contributed by atoms with E-state index in [4.69, 9.17) is 26.3 Å². The summed E-state index contributed by atoms with van der Waals surface area (Å²) >= 11 is 5.93. The molecule has 0 aliphatic carbocycles. The molecule has 196 valence electrons. The van der Waals surface area contributed by atoms with Crippen LogP contribution in [0.3, 0.4) is 0 Å². The van der Waals surface area contributed by atoms with Gasteiger partial charge in [-0.15, -0.1) is 0 Å². The molecule has 7 nitrogen and oxygen atoms in total. The van der Waals surface area contributed by atoms with Crippen LogP contribution in [0.5, 0.6) is 5.75 Å². The third kappa shape index (κ3) is 5.18. The van der Waals surface area contributed by atoms with Crippen LogP contribution in [0, 0.1) is 6.92 Å². The third-order valence-corrected chi connectivity index (χ3v) is 7.32. The minimum Gasteiger partial charge on any atom is -0.484 e. The van der Waals surface area contributed by atoms with E-state index >= 15 is 0 Å². The molecule has 1 aliphatic rings. The Morgan fingerprint density at radius 3 is 2.33 bits per heavy atom. The second-order valence-corrected chi connectivity index (χ2v) is 10.1. The maximum Gasteiger partial charge on any atom is 0.260 e. The van der Waals surface area contributed by atoms with Crippen LogP contribution < -0.4 is 9.64 Å². The van der Waals surface area contributed by atoms with Gasteiger partial charge >= 0.3 is 0 Å². The van der Waals surface area contributed by atoms with Crippen LogP contribution in [0.15, 0.2) is 91.4 Å². The summed E-state index contributed by atoms with van der Waals surface area (Å²) in [5, 5.41) is 1.64. The first-order valence-corrected chi connectivity index (χ1v) is 13.3. The number of carbonyl (C=O) groups excluding carboxylic acids is 1. The minimum atomic E-state index is -0.0343. The Labute approximate surface area is 232 Å². The van der Waals surface area contributed by atoms with E-state index in [2.05, 4.69) is 59.0 Å². The first-order chi connectivity index (χ1) is 19.1. The van der Waals surface area contributed by atoms with Crippen molar-refractivity contribution >= 4 is 34.4 Å². The molecular weight excluding hydrogens is 510 g/mol. The highest BCUT2D eigenvalue weighted by atomic mass is 35.5. The molecule has 1 amide bonds. The molecule has 0 spiro atoms. The molecule has 0 N–H and O–H groups in total. The highest BCUT2D eigenvalue weighted by Crippen LogP contribution is 2.37. The Bertz CT molecular complexity index is 1590. The van der Waals surface area contributed by atoms with Gasteiger partial charge in [0.15, 0.2) is 12.3 Å². The van der Waals surface area contributed by atoms with Crippen LogP contribution in [0.1, 0.15) is 5.56 Å². The fourth-order valence-electron chi connectivity index (χ4n) is 4.96. The number of rotatable bonds is 6. The van der Waals surface area contributed by atoms with Gasteiger partial charge in [-0.25, -0.2) is 9.97 Å². The molecule has 2 aromatic heterocycles. The Morgan fingerprint density at radius 2 is 1.62 bits per heavy atom. The lowest BCUT2D eigenvalue weighted by atomic mass is 10.1. The van der Waals surface area contributed by atoms with Crippen molar-refractivity contribution in [1.29, 1.82) is 0 Å². The number of ether oxygens (including phenoxy) is 1. The molecule has 8 heteroatoms. The van der Waals surface area contributed by atoms with E-state index < -0.39 is 0 Å². The molecule has 0 bridgehead atoms. The predicted octanol–water partition coefficient (Wildman–Crippen LogP) is 5.78. The van der Waals surface area contributed by atoms with Crippen LogP contribution in [-0.2, 0) is 4.79 Å². The number of aryl methyl sites for hydroxylation is 1. The molecule has 1 fully saturated rings. The van der Waals surface area contributed by atoms with Crippen molar-refractivity contribution in [3.63, 3.8) is 0 Å². The van der Waals surface area contributed by atoms with E-state index in [1.165, 1.54) is 5.56 Å². The normalized spacial score (nSPS) is 13.6. The van der Waals surface area contributed by atoms with Crippen molar-refractivity contribution in [2.24, 2.45) is 0 Å². The van der Waals surface area contributed by atoms with E-state index in [1.807, 2.05) is 23.1 Å². The largest absolute Gasteiger partial charge is 0.484 e. The zero-order chi connectivity index (χ0) is 26.8. The summed E-state index contributed by atoms with van der Waals surface area (Å²) in [6.07, 6.45) is 3.78. The van der Waals surface area contributed by atoms with Crippen molar-refractivity contribution < 1.29 is 9.53 Å². The fraction of sp³-hybridized carbons (Fsp3) is 0.194. The summed E-state index contributed by atoms with van der Waals surface area (Å²) < 4.78 is 7.81. The maximum atomic E-state index is 12.8. The summed E-state index contributed by atoms with van der Waals surface area (Å²) in [7, 11) is 0. The fourth-order valence-corrected chi connectivity index (χ4v) is 5.09. The zero-order valence-electron chi connectivity index (χ0n) is 21.6. The maximum absolute atomic E-state index is 12.8. The van der Waals surface area contributed by atoms with Gasteiger partial charge in [0.25, 0.3) is 5.91 Å². The van der Waals surface area contributed by atoms with Gasteiger partial charge in [0, 0.05) is 48.6 Å². The lowest BCUT2D eigenvalue weighted by Gasteiger charge is -2.35.